The van der Waals surface area contributed by atoms with Crippen LogP contribution in [0.25, 0.3) is 22.3 Å². The van der Waals surface area contributed by atoms with Gasteiger partial charge in [0.1, 0.15) is 12.4 Å². The molecule has 0 saturated heterocycles. The van der Waals surface area contributed by atoms with Crippen molar-refractivity contribution < 1.29 is 19.7 Å². The van der Waals surface area contributed by atoms with Crippen molar-refractivity contribution in [3.63, 3.8) is 0 Å². The Morgan fingerprint density at radius 3 is 2.61 bits per heavy atom. The summed E-state index contributed by atoms with van der Waals surface area (Å²) in [7, 11) is 3.86. The van der Waals surface area contributed by atoms with Gasteiger partial charge in [0.05, 0.1) is 29.0 Å². The molecule has 2 aliphatic heterocycles. The third-order valence-electron chi connectivity index (χ3n) is 6.23. The van der Waals surface area contributed by atoms with Gasteiger partial charge in [-0.15, -0.1) is 24.8 Å². The van der Waals surface area contributed by atoms with Crippen molar-refractivity contribution in [2.45, 2.75) is 38.6 Å². The van der Waals surface area contributed by atoms with Gasteiger partial charge in [-0.25, -0.2) is 9.78 Å². The highest BCUT2D eigenvalue weighted by Crippen LogP contribution is 2.40. The first kappa shape index (κ1) is 25.0. The molecule has 1 atom stereocenters. The number of rotatable bonds is 3. The first-order chi connectivity index (χ1) is 14.7. The molecular weight excluding hydrogens is 469 g/mol. The maximum absolute atomic E-state index is 13.2. The fraction of sp³-hybridized carbons (Fsp3) is 0.348. The molecule has 0 fully saturated rings. The highest BCUT2D eigenvalue weighted by molar-refractivity contribution is 5.90. The first-order valence-electron chi connectivity index (χ1n) is 10.2. The van der Waals surface area contributed by atoms with E-state index in [1.807, 2.05) is 37.2 Å². The van der Waals surface area contributed by atoms with E-state index in [2.05, 4.69) is 0 Å². The van der Waals surface area contributed by atoms with Crippen LogP contribution in [-0.4, -0.2) is 44.7 Å². The second kappa shape index (κ2) is 8.61. The van der Waals surface area contributed by atoms with Crippen LogP contribution >= 0.6 is 24.8 Å². The molecule has 176 valence electrons. The van der Waals surface area contributed by atoms with Crippen molar-refractivity contribution in [1.29, 1.82) is 0 Å². The Morgan fingerprint density at radius 2 is 1.94 bits per heavy atom. The van der Waals surface area contributed by atoms with E-state index in [0.717, 1.165) is 11.1 Å². The van der Waals surface area contributed by atoms with Gasteiger partial charge >= 0.3 is 5.97 Å². The minimum absolute atomic E-state index is 0. The molecule has 4 heterocycles. The second-order valence-corrected chi connectivity index (χ2v) is 8.48. The van der Waals surface area contributed by atoms with Gasteiger partial charge in [-0.3, -0.25) is 4.79 Å². The maximum Gasteiger partial charge on any atom is 0.343 e. The van der Waals surface area contributed by atoms with E-state index in [1.54, 1.807) is 17.6 Å². The zero-order valence-electron chi connectivity index (χ0n) is 18.4. The number of esters is 1. The Labute approximate surface area is 202 Å². The lowest BCUT2D eigenvalue weighted by molar-refractivity contribution is -0.172. The van der Waals surface area contributed by atoms with Crippen molar-refractivity contribution in [2.24, 2.45) is 0 Å². The number of aromatic hydroxyl groups is 1. The van der Waals surface area contributed by atoms with Gasteiger partial charge in [0.15, 0.2) is 5.60 Å². The van der Waals surface area contributed by atoms with Crippen molar-refractivity contribution in [1.82, 2.24) is 14.5 Å². The smallest absolute Gasteiger partial charge is 0.343 e. The Hall–Kier alpha value is -2.65. The topological polar surface area (TPSA) is 105 Å². The molecule has 5 rings (SSSR count). The van der Waals surface area contributed by atoms with Gasteiger partial charge in [-0.1, -0.05) is 13.0 Å². The molecule has 10 heteroatoms. The van der Waals surface area contributed by atoms with Crippen molar-refractivity contribution in [3.8, 4) is 17.1 Å². The van der Waals surface area contributed by atoms with Gasteiger partial charge < -0.3 is 24.4 Å². The quantitative estimate of drug-likeness (QED) is 0.422. The molecule has 0 radical (unpaired) electrons. The monoisotopic (exact) mass is 493 g/mol. The summed E-state index contributed by atoms with van der Waals surface area (Å²) in [6.07, 6.45) is 0.0995. The van der Waals surface area contributed by atoms with Gasteiger partial charge in [0, 0.05) is 28.6 Å². The Morgan fingerprint density at radius 1 is 1.21 bits per heavy atom. The van der Waals surface area contributed by atoms with E-state index in [1.165, 1.54) is 0 Å². The van der Waals surface area contributed by atoms with E-state index in [-0.39, 0.29) is 49.2 Å². The van der Waals surface area contributed by atoms with Gasteiger partial charge in [0.2, 0.25) is 0 Å². The number of carbonyl (C=O) groups is 1. The fourth-order valence-electron chi connectivity index (χ4n) is 4.55. The molecular formula is C23H25Cl2N3O5. The zero-order valence-corrected chi connectivity index (χ0v) is 20.0. The average Bonchev–Trinajstić information content (AvgIpc) is 3.10. The summed E-state index contributed by atoms with van der Waals surface area (Å²) in [5, 5.41) is 22.3. The van der Waals surface area contributed by atoms with Gasteiger partial charge in [-0.2, -0.15) is 0 Å². The number of phenolic OH excluding ortho intramolecular Hbond substituents is 1. The maximum atomic E-state index is 13.2. The van der Waals surface area contributed by atoms with Crippen molar-refractivity contribution >= 4 is 41.7 Å². The summed E-state index contributed by atoms with van der Waals surface area (Å²) >= 11 is 0. The van der Waals surface area contributed by atoms with E-state index >= 15 is 0 Å². The number of fused-ring (bicyclic) bond motifs is 5. The number of halogens is 2. The molecule has 0 saturated carbocycles. The van der Waals surface area contributed by atoms with Crippen LogP contribution < -0.4 is 5.56 Å². The standard InChI is InChI=1S/C23H23N3O5.2ClH/c1-4-23(30)16-8-18-19-13(10-26(18)21(28)15(16)11-31-22(23)29)7-14-17(24-19)6-5-12(20(14)27)9-25(2)3;;/h5-8,27,30H,4,9-11H2,1-3H3;2*1H/t23-;;/m0../s1. The number of hydrogen-bond donors (Lipinski definition) is 2. The molecule has 1 aromatic carbocycles. The lowest BCUT2D eigenvalue weighted by Gasteiger charge is -2.31. The van der Waals surface area contributed by atoms with Crippen LogP contribution in [0, 0.1) is 0 Å². The predicted molar refractivity (Wildman–Crippen MR) is 128 cm³/mol. The van der Waals surface area contributed by atoms with Crippen molar-refractivity contribution in [3.05, 3.63) is 56.9 Å². The molecule has 0 bridgehead atoms. The predicted octanol–water partition coefficient (Wildman–Crippen LogP) is 2.69. The molecule has 0 unspecified atom stereocenters. The number of nitrogens with zero attached hydrogens (tertiary/aromatic N) is 3. The molecule has 0 spiro atoms. The van der Waals surface area contributed by atoms with Crippen LogP contribution in [0.2, 0.25) is 0 Å². The highest BCUT2D eigenvalue weighted by atomic mass is 35.5. The van der Waals surface area contributed by atoms with Crippen LogP contribution in [0.15, 0.2) is 29.1 Å². The number of cyclic esters (lactones) is 1. The summed E-state index contributed by atoms with van der Waals surface area (Å²) in [6.45, 7) is 2.41. The molecule has 0 amide bonds. The average molecular weight is 494 g/mol. The first-order valence-corrected chi connectivity index (χ1v) is 10.2. The van der Waals surface area contributed by atoms with Gasteiger partial charge in [-0.05, 0) is 38.7 Å². The second-order valence-electron chi connectivity index (χ2n) is 8.48. The number of aromatic nitrogens is 2. The number of carbonyl (C=O) groups excluding carboxylic acids is 1. The molecule has 2 N–H and O–H groups in total. The number of hydrogen-bond acceptors (Lipinski definition) is 7. The Kier molecular flexibility index (Phi) is 6.52. The lowest BCUT2D eigenvalue weighted by Crippen LogP contribution is -2.44. The molecule has 0 aliphatic carbocycles. The number of benzene rings is 1. The number of aliphatic hydroxyl groups is 1. The number of pyridine rings is 2. The molecule has 3 aromatic rings. The molecule has 8 nitrogen and oxygen atoms in total. The summed E-state index contributed by atoms with van der Waals surface area (Å²) in [5.41, 5.74) is 1.82. The summed E-state index contributed by atoms with van der Waals surface area (Å²) in [4.78, 5) is 32.2. The van der Waals surface area contributed by atoms with Crippen molar-refractivity contribution in [2.75, 3.05) is 14.1 Å². The number of ether oxygens (including phenoxy) is 1. The molecule has 33 heavy (non-hydrogen) atoms. The molecule has 2 aliphatic rings. The summed E-state index contributed by atoms with van der Waals surface area (Å²) in [5.74, 6) is -0.557. The summed E-state index contributed by atoms with van der Waals surface area (Å²) < 4.78 is 6.68. The van der Waals surface area contributed by atoms with Crippen LogP contribution in [0.3, 0.4) is 0 Å². The zero-order chi connectivity index (χ0) is 22.1. The normalized spacial score (nSPS) is 18.2. The minimum Gasteiger partial charge on any atom is -0.507 e. The summed E-state index contributed by atoms with van der Waals surface area (Å²) in [6, 6.07) is 7.25. The van der Waals surface area contributed by atoms with Crippen LogP contribution in [0.1, 0.15) is 35.6 Å². The highest BCUT2D eigenvalue weighted by Gasteiger charge is 2.45. The lowest BCUT2D eigenvalue weighted by atomic mass is 9.86. The van der Waals surface area contributed by atoms with Crippen LogP contribution in [-0.2, 0) is 34.8 Å². The van der Waals surface area contributed by atoms with Crippen LogP contribution in [0.5, 0.6) is 5.75 Å². The Balaban J connectivity index is 0.00000153. The fourth-order valence-corrected chi connectivity index (χ4v) is 4.55. The third-order valence-corrected chi connectivity index (χ3v) is 6.23. The van der Waals surface area contributed by atoms with Gasteiger partial charge in [0.25, 0.3) is 5.56 Å². The van der Waals surface area contributed by atoms with E-state index < -0.39 is 11.6 Å². The van der Waals surface area contributed by atoms with Crippen LogP contribution in [0.4, 0.5) is 0 Å². The van der Waals surface area contributed by atoms with E-state index in [9.17, 15) is 19.8 Å². The third kappa shape index (κ3) is 3.58. The minimum atomic E-state index is -1.85. The van der Waals surface area contributed by atoms with E-state index in [4.69, 9.17) is 9.72 Å². The molecule has 2 aromatic heterocycles. The Bertz CT molecular complexity index is 1340. The largest absolute Gasteiger partial charge is 0.507 e. The number of phenols is 1. The SMILES string of the molecule is CC[C@@]1(O)C(=O)OCc2c1cc1n(c2=O)Cc2cc3c(O)c(CN(C)C)ccc3nc2-1.Cl.Cl. The van der Waals surface area contributed by atoms with E-state index in [0.29, 0.717) is 46.5 Å².